The van der Waals surface area contributed by atoms with Crippen LogP contribution in [0.1, 0.15) is 16.7 Å². The van der Waals surface area contributed by atoms with Gasteiger partial charge in [0.2, 0.25) is 0 Å². The van der Waals surface area contributed by atoms with Crippen LogP contribution in [0.5, 0.6) is 5.75 Å². The summed E-state index contributed by atoms with van der Waals surface area (Å²) in [5.41, 5.74) is 0.0994. The Kier molecular flexibility index (Phi) is 5.03. The Morgan fingerprint density at radius 2 is 1.78 bits per heavy atom. The van der Waals surface area contributed by atoms with Crippen LogP contribution in [0, 0.1) is 6.92 Å². The molecular weight excluding hydrogens is 296 g/mol. The fourth-order valence-corrected chi connectivity index (χ4v) is 2.71. The van der Waals surface area contributed by atoms with Gasteiger partial charge in [-0.15, -0.1) is 0 Å². The molecule has 5 nitrogen and oxygen atoms in total. The molecule has 0 aliphatic rings. The quantitative estimate of drug-likeness (QED) is 0.827. The summed E-state index contributed by atoms with van der Waals surface area (Å²) in [6, 6.07) is 13.7. The number of hydrogen-bond donors (Lipinski definition) is 2. The van der Waals surface area contributed by atoms with Gasteiger partial charge in [-0.25, -0.2) is 4.79 Å². The van der Waals surface area contributed by atoms with Crippen LogP contribution in [0.25, 0.3) is 0 Å². The van der Waals surface area contributed by atoms with Gasteiger partial charge in [-0.2, -0.15) is 0 Å². The van der Waals surface area contributed by atoms with E-state index in [0.717, 1.165) is 5.56 Å². The van der Waals surface area contributed by atoms with E-state index in [1.807, 2.05) is 13.0 Å². The molecule has 0 radical (unpaired) electrons. The average molecular weight is 316 g/mol. The third-order valence-corrected chi connectivity index (χ3v) is 3.89. The van der Waals surface area contributed by atoms with Crippen LogP contribution < -0.4 is 0 Å². The van der Waals surface area contributed by atoms with Crippen molar-refractivity contribution in [2.45, 2.75) is 18.6 Å². The number of esters is 1. The molecule has 0 aliphatic heterocycles. The molecule has 2 N–H and O–H groups in total. The van der Waals surface area contributed by atoms with Gasteiger partial charge >= 0.3 is 5.97 Å². The van der Waals surface area contributed by atoms with Gasteiger partial charge in [-0.05, 0) is 24.6 Å². The van der Waals surface area contributed by atoms with E-state index < -0.39 is 17.7 Å². The fraction of sp³-hybridized carbons (Fsp3) is 0.278. The first-order valence-electron chi connectivity index (χ1n) is 7.14. The molecule has 0 aromatic heterocycles. The minimum atomic E-state index is -1.65. The second-order valence-electron chi connectivity index (χ2n) is 5.25. The van der Waals surface area contributed by atoms with E-state index >= 15 is 0 Å². The molecule has 0 spiro atoms. The maximum Gasteiger partial charge on any atom is 0.338 e. The van der Waals surface area contributed by atoms with Crippen molar-refractivity contribution in [1.29, 1.82) is 0 Å². The summed E-state index contributed by atoms with van der Waals surface area (Å²) in [7, 11) is 2.56. The van der Waals surface area contributed by atoms with Crippen LogP contribution in [-0.4, -0.2) is 36.5 Å². The lowest BCUT2D eigenvalue weighted by Gasteiger charge is -2.36. The van der Waals surface area contributed by atoms with Crippen LogP contribution >= 0.6 is 0 Å². The average Bonchev–Trinajstić information content (AvgIpc) is 2.59. The van der Waals surface area contributed by atoms with Crippen LogP contribution in [-0.2, 0) is 19.9 Å². The second kappa shape index (κ2) is 6.81. The molecule has 2 atom stereocenters. The van der Waals surface area contributed by atoms with Crippen LogP contribution in [0.15, 0.2) is 48.5 Å². The number of phenolic OH excluding ortho intramolecular Hbond substituents is 1. The second-order valence-corrected chi connectivity index (χ2v) is 5.25. The Labute approximate surface area is 135 Å². The summed E-state index contributed by atoms with van der Waals surface area (Å²) in [6.07, 6.45) is -1.65. The number of aliphatic hydroxyl groups excluding tert-OH is 1. The molecule has 0 amide bonds. The first-order chi connectivity index (χ1) is 11.0. The number of aryl methyl sites for hydroxylation is 1. The number of carbonyl (C=O) groups excluding carboxylic acids is 1. The lowest BCUT2D eigenvalue weighted by Crippen LogP contribution is -2.47. The first-order valence-corrected chi connectivity index (χ1v) is 7.14. The zero-order valence-corrected chi connectivity index (χ0v) is 13.3. The number of aliphatic hydroxyl groups is 1. The minimum Gasteiger partial charge on any atom is -0.508 e. The molecule has 0 heterocycles. The van der Waals surface area contributed by atoms with E-state index in [4.69, 9.17) is 4.74 Å². The van der Waals surface area contributed by atoms with E-state index in [1.54, 1.807) is 36.4 Å². The summed E-state index contributed by atoms with van der Waals surface area (Å²) in [5, 5.41) is 21.0. The smallest absolute Gasteiger partial charge is 0.338 e. The van der Waals surface area contributed by atoms with Crippen LogP contribution in [0.3, 0.4) is 0 Å². The van der Waals surface area contributed by atoms with E-state index in [0.29, 0.717) is 11.1 Å². The van der Waals surface area contributed by atoms with Crippen molar-refractivity contribution >= 4 is 5.97 Å². The third kappa shape index (κ3) is 2.93. The van der Waals surface area contributed by atoms with E-state index in [9.17, 15) is 15.0 Å². The summed E-state index contributed by atoms with van der Waals surface area (Å²) in [6.45, 7) is 1.85. The van der Waals surface area contributed by atoms with E-state index in [2.05, 4.69) is 4.74 Å². The Balaban J connectivity index is 2.78. The van der Waals surface area contributed by atoms with Gasteiger partial charge in [0.05, 0.1) is 7.11 Å². The molecule has 2 aromatic carbocycles. The largest absolute Gasteiger partial charge is 0.508 e. The highest BCUT2D eigenvalue weighted by atomic mass is 16.6. The topological polar surface area (TPSA) is 76.0 Å². The number of rotatable bonds is 5. The fourth-order valence-electron chi connectivity index (χ4n) is 2.71. The highest BCUT2D eigenvalue weighted by Crippen LogP contribution is 2.41. The summed E-state index contributed by atoms with van der Waals surface area (Å²) in [4.78, 5) is 12.0. The van der Waals surface area contributed by atoms with Gasteiger partial charge < -0.3 is 19.7 Å². The summed E-state index contributed by atoms with van der Waals surface area (Å²) >= 11 is 0. The number of phenols is 1. The number of benzene rings is 2. The normalized spacial score (nSPS) is 14.8. The SMILES string of the molecule is COC(=O)C(O)C(OC)(c1ccccc1)c1cc(C)ccc1O. The standard InChI is InChI=1S/C18H20O5/c1-12-9-10-15(19)14(11-12)18(23-3,16(20)17(21)22-2)13-7-5-4-6-8-13/h4-11,16,19-20H,1-3H3. The molecule has 0 bridgehead atoms. The highest BCUT2D eigenvalue weighted by Gasteiger charge is 2.48. The maximum atomic E-state index is 12.0. The van der Waals surface area contributed by atoms with E-state index in [-0.39, 0.29) is 5.75 Å². The van der Waals surface area contributed by atoms with Gasteiger partial charge in [-0.1, -0.05) is 42.0 Å². The van der Waals surface area contributed by atoms with Crippen molar-refractivity contribution in [2.75, 3.05) is 14.2 Å². The molecule has 2 rings (SSSR count). The van der Waals surface area contributed by atoms with E-state index in [1.165, 1.54) is 20.3 Å². The molecule has 0 aliphatic carbocycles. The Morgan fingerprint density at radius 3 is 2.35 bits per heavy atom. The molecule has 2 aromatic rings. The van der Waals surface area contributed by atoms with Crippen LogP contribution in [0.2, 0.25) is 0 Å². The van der Waals surface area contributed by atoms with Crippen molar-refractivity contribution in [3.63, 3.8) is 0 Å². The molecule has 122 valence electrons. The molecular formula is C18H20O5. The maximum absolute atomic E-state index is 12.0. The van der Waals surface area contributed by atoms with Gasteiger partial charge in [0, 0.05) is 12.7 Å². The Bertz CT molecular complexity index is 683. The number of carbonyl (C=O) groups is 1. The van der Waals surface area contributed by atoms with Crippen molar-refractivity contribution in [3.8, 4) is 5.75 Å². The summed E-state index contributed by atoms with van der Waals surface area (Å²) in [5.74, 6) is -0.930. The molecule has 0 saturated carbocycles. The van der Waals surface area contributed by atoms with Gasteiger partial charge in [0.1, 0.15) is 5.75 Å². The number of hydrogen-bond acceptors (Lipinski definition) is 5. The van der Waals surface area contributed by atoms with Crippen molar-refractivity contribution < 1.29 is 24.5 Å². The van der Waals surface area contributed by atoms with Crippen molar-refractivity contribution in [1.82, 2.24) is 0 Å². The zero-order chi connectivity index (χ0) is 17.0. The number of aromatic hydroxyl groups is 1. The first kappa shape index (κ1) is 17.0. The molecule has 2 unspecified atom stereocenters. The molecule has 5 heteroatoms. The van der Waals surface area contributed by atoms with Gasteiger partial charge in [0.15, 0.2) is 11.7 Å². The molecule has 23 heavy (non-hydrogen) atoms. The predicted molar refractivity (Wildman–Crippen MR) is 85.1 cm³/mol. The monoisotopic (exact) mass is 316 g/mol. The lowest BCUT2D eigenvalue weighted by atomic mass is 9.80. The lowest BCUT2D eigenvalue weighted by molar-refractivity contribution is -0.167. The van der Waals surface area contributed by atoms with Crippen molar-refractivity contribution in [2.24, 2.45) is 0 Å². The number of methoxy groups -OCH3 is 2. The van der Waals surface area contributed by atoms with Crippen LogP contribution in [0.4, 0.5) is 0 Å². The predicted octanol–water partition coefficient (Wildman–Crippen LogP) is 2.12. The Morgan fingerprint density at radius 1 is 1.13 bits per heavy atom. The highest BCUT2D eigenvalue weighted by molar-refractivity contribution is 5.78. The number of ether oxygens (including phenoxy) is 2. The Hall–Kier alpha value is -2.37. The third-order valence-electron chi connectivity index (χ3n) is 3.89. The summed E-state index contributed by atoms with van der Waals surface area (Å²) < 4.78 is 10.3. The molecule has 0 saturated heterocycles. The zero-order valence-electron chi connectivity index (χ0n) is 13.3. The minimum absolute atomic E-state index is 0.0794. The van der Waals surface area contributed by atoms with Gasteiger partial charge in [0.25, 0.3) is 0 Å². The molecule has 0 fully saturated rings. The van der Waals surface area contributed by atoms with Crippen molar-refractivity contribution in [3.05, 3.63) is 65.2 Å². The van der Waals surface area contributed by atoms with Gasteiger partial charge in [-0.3, -0.25) is 0 Å².